The molecule has 0 spiro atoms. The van der Waals surface area contributed by atoms with E-state index < -0.39 is 15.9 Å². The predicted molar refractivity (Wildman–Crippen MR) is 101 cm³/mol. The first-order valence-corrected chi connectivity index (χ1v) is 9.72. The van der Waals surface area contributed by atoms with Gasteiger partial charge < -0.3 is 9.73 Å². The third kappa shape index (κ3) is 3.23. The van der Waals surface area contributed by atoms with Gasteiger partial charge in [-0.15, -0.1) is 0 Å². The Bertz CT molecular complexity index is 1110. The highest BCUT2D eigenvalue weighted by atomic mass is 32.2. The fraction of sp³-hybridized carbons (Fsp3) is 0.211. The molecule has 0 fully saturated rings. The number of aryl methyl sites for hydroxylation is 3. The van der Waals surface area contributed by atoms with Crippen LogP contribution in [0.3, 0.4) is 0 Å². The number of fused-ring (bicyclic) bond motifs is 1. The van der Waals surface area contributed by atoms with Gasteiger partial charge in [-0.3, -0.25) is 4.79 Å². The first-order valence-electron chi connectivity index (χ1n) is 8.18. The van der Waals surface area contributed by atoms with Crippen molar-refractivity contribution >= 4 is 32.6 Å². The molecule has 26 heavy (non-hydrogen) atoms. The summed E-state index contributed by atoms with van der Waals surface area (Å²) in [6.07, 6.45) is 0.516. The Hall–Kier alpha value is -2.64. The Kier molecular flexibility index (Phi) is 4.60. The second-order valence-corrected chi connectivity index (χ2v) is 7.71. The van der Waals surface area contributed by atoms with Crippen LogP contribution in [-0.2, 0) is 16.4 Å². The summed E-state index contributed by atoms with van der Waals surface area (Å²) in [5.41, 5.74) is 3.28. The largest absolute Gasteiger partial charge is 0.450 e. The van der Waals surface area contributed by atoms with Crippen LogP contribution in [0.5, 0.6) is 0 Å². The maximum absolute atomic E-state index is 12.6. The second kappa shape index (κ2) is 6.59. The SMILES string of the molecule is CCc1ccc(NC(=O)c2oc3c(C)cccc3c2C)cc1S(N)(=O)=O. The molecule has 7 heteroatoms. The van der Waals surface area contributed by atoms with Crippen LogP contribution in [0, 0.1) is 13.8 Å². The number of carbonyl (C=O) groups is 1. The maximum atomic E-state index is 12.6. The van der Waals surface area contributed by atoms with E-state index in [0.29, 0.717) is 23.3 Å². The summed E-state index contributed by atoms with van der Waals surface area (Å²) in [5, 5.41) is 8.84. The molecule has 1 amide bonds. The van der Waals surface area contributed by atoms with E-state index in [-0.39, 0.29) is 10.7 Å². The van der Waals surface area contributed by atoms with Gasteiger partial charge in [-0.1, -0.05) is 31.2 Å². The number of carbonyl (C=O) groups excluding carboxylic acids is 1. The molecule has 3 N–H and O–H groups in total. The van der Waals surface area contributed by atoms with Gasteiger partial charge in [0.05, 0.1) is 4.90 Å². The van der Waals surface area contributed by atoms with Crippen LogP contribution in [0.4, 0.5) is 5.69 Å². The second-order valence-electron chi connectivity index (χ2n) is 6.18. The Morgan fingerprint density at radius 2 is 1.92 bits per heavy atom. The number of amides is 1. The molecule has 0 atom stereocenters. The first-order chi connectivity index (χ1) is 12.2. The summed E-state index contributed by atoms with van der Waals surface area (Å²) in [5.74, 6) is -0.242. The van der Waals surface area contributed by atoms with E-state index in [4.69, 9.17) is 9.56 Å². The van der Waals surface area contributed by atoms with Crippen molar-refractivity contribution in [3.05, 3.63) is 58.8 Å². The molecule has 1 heterocycles. The lowest BCUT2D eigenvalue weighted by molar-refractivity contribution is 0.0998. The van der Waals surface area contributed by atoms with Crippen molar-refractivity contribution in [3.8, 4) is 0 Å². The number of hydrogen-bond donors (Lipinski definition) is 2. The van der Waals surface area contributed by atoms with Crippen LogP contribution in [0.25, 0.3) is 11.0 Å². The number of nitrogens with one attached hydrogen (secondary N) is 1. The number of anilines is 1. The lowest BCUT2D eigenvalue weighted by Crippen LogP contribution is -2.16. The molecule has 0 unspecified atom stereocenters. The van der Waals surface area contributed by atoms with Gasteiger partial charge in [-0.25, -0.2) is 13.6 Å². The number of sulfonamides is 1. The highest BCUT2D eigenvalue weighted by Gasteiger charge is 2.20. The molecule has 0 aliphatic carbocycles. The Morgan fingerprint density at radius 3 is 2.54 bits per heavy atom. The molecule has 2 aromatic carbocycles. The number of primary sulfonamides is 1. The number of para-hydroxylation sites is 1. The summed E-state index contributed by atoms with van der Waals surface area (Å²) in [6.45, 7) is 5.56. The topological polar surface area (TPSA) is 102 Å². The zero-order valence-corrected chi connectivity index (χ0v) is 15.6. The molecule has 3 rings (SSSR count). The van der Waals surface area contributed by atoms with Crippen molar-refractivity contribution in [1.29, 1.82) is 0 Å². The van der Waals surface area contributed by atoms with Crippen molar-refractivity contribution in [3.63, 3.8) is 0 Å². The Balaban J connectivity index is 1.99. The van der Waals surface area contributed by atoms with Gasteiger partial charge in [-0.05, 0) is 43.5 Å². The fourth-order valence-corrected chi connectivity index (χ4v) is 3.85. The van der Waals surface area contributed by atoms with E-state index >= 15 is 0 Å². The lowest BCUT2D eigenvalue weighted by atomic mass is 10.1. The highest BCUT2D eigenvalue weighted by molar-refractivity contribution is 7.89. The third-order valence-corrected chi connectivity index (χ3v) is 5.37. The molecule has 6 nitrogen and oxygen atoms in total. The van der Waals surface area contributed by atoms with Crippen LogP contribution < -0.4 is 10.5 Å². The van der Waals surface area contributed by atoms with Crippen LogP contribution in [-0.4, -0.2) is 14.3 Å². The van der Waals surface area contributed by atoms with Crippen molar-refractivity contribution in [1.82, 2.24) is 0 Å². The minimum Gasteiger partial charge on any atom is -0.450 e. The minimum absolute atomic E-state index is 0.00923. The minimum atomic E-state index is -3.88. The standard InChI is InChI=1S/C19H20N2O4S/c1-4-13-8-9-14(10-16(13)26(20,23)24)21-19(22)18-12(3)15-7-5-6-11(2)17(15)25-18/h5-10H,4H2,1-3H3,(H,21,22)(H2,20,23,24). The highest BCUT2D eigenvalue weighted by Crippen LogP contribution is 2.28. The molecular weight excluding hydrogens is 352 g/mol. The van der Waals surface area contributed by atoms with E-state index in [1.807, 2.05) is 39.0 Å². The molecule has 136 valence electrons. The third-order valence-electron chi connectivity index (χ3n) is 4.38. The lowest BCUT2D eigenvalue weighted by Gasteiger charge is -2.09. The van der Waals surface area contributed by atoms with Crippen molar-refractivity contribution in [2.24, 2.45) is 5.14 Å². The van der Waals surface area contributed by atoms with Gasteiger partial charge in [-0.2, -0.15) is 0 Å². The van der Waals surface area contributed by atoms with Gasteiger partial charge in [0.25, 0.3) is 5.91 Å². The summed E-state index contributed by atoms with van der Waals surface area (Å²) in [6, 6.07) is 10.4. The van der Waals surface area contributed by atoms with Gasteiger partial charge in [0, 0.05) is 16.6 Å². The normalized spacial score (nSPS) is 11.7. The van der Waals surface area contributed by atoms with E-state index in [9.17, 15) is 13.2 Å². The molecular formula is C19H20N2O4S. The number of nitrogens with two attached hydrogens (primary N) is 1. The van der Waals surface area contributed by atoms with Crippen molar-refractivity contribution < 1.29 is 17.6 Å². The molecule has 0 bridgehead atoms. The first kappa shape index (κ1) is 18.2. The van der Waals surface area contributed by atoms with Gasteiger partial charge >= 0.3 is 0 Å². The summed E-state index contributed by atoms with van der Waals surface area (Å²) < 4.78 is 29.3. The molecule has 0 aliphatic heterocycles. The molecule has 3 aromatic rings. The smallest absolute Gasteiger partial charge is 0.291 e. The Morgan fingerprint density at radius 1 is 1.19 bits per heavy atom. The van der Waals surface area contributed by atoms with Crippen LogP contribution in [0.2, 0.25) is 0 Å². The maximum Gasteiger partial charge on any atom is 0.291 e. The van der Waals surface area contributed by atoms with Crippen molar-refractivity contribution in [2.75, 3.05) is 5.32 Å². The summed E-state index contributed by atoms with van der Waals surface area (Å²) >= 11 is 0. The van der Waals surface area contributed by atoms with Crippen molar-refractivity contribution in [2.45, 2.75) is 32.1 Å². The number of rotatable bonds is 4. The fourth-order valence-electron chi connectivity index (χ4n) is 2.98. The average molecular weight is 372 g/mol. The number of benzene rings is 2. The van der Waals surface area contributed by atoms with E-state index in [0.717, 1.165) is 16.5 Å². The molecule has 0 saturated carbocycles. The molecule has 1 aromatic heterocycles. The number of furan rings is 1. The zero-order valence-electron chi connectivity index (χ0n) is 14.8. The van der Waals surface area contributed by atoms with Gasteiger partial charge in [0.15, 0.2) is 5.76 Å². The monoisotopic (exact) mass is 372 g/mol. The van der Waals surface area contributed by atoms with E-state index in [2.05, 4.69) is 5.32 Å². The zero-order chi connectivity index (χ0) is 19.1. The van der Waals surface area contributed by atoms with Gasteiger partial charge in [0.1, 0.15) is 5.58 Å². The van der Waals surface area contributed by atoms with Gasteiger partial charge in [0.2, 0.25) is 10.0 Å². The van der Waals surface area contributed by atoms with Crippen LogP contribution in [0.1, 0.15) is 34.2 Å². The van der Waals surface area contributed by atoms with Crippen LogP contribution in [0.15, 0.2) is 45.7 Å². The van der Waals surface area contributed by atoms with Crippen LogP contribution >= 0.6 is 0 Å². The quantitative estimate of drug-likeness (QED) is 0.731. The van der Waals surface area contributed by atoms with E-state index in [1.165, 1.54) is 6.07 Å². The summed E-state index contributed by atoms with van der Waals surface area (Å²) in [4.78, 5) is 12.7. The Labute approximate surface area is 152 Å². The number of hydrogen-bond acceptors (Lipinski definition) is 4. The summed E-state index contributed by atoms with van der Waals surface area (Å²) in [7, 11) is -3.88. The van der Waals surface area contributed by atoms with E-state index in [1.54, 1.807) is 12.1 Å². The molecule has 0 aliphatic rings. The average Bonchev–Trinajstić information content (AvgIpc) is 2.93. The molecule has 0 radical (unpaired) electrons. The predicted octanol–water partition coefficient (Wildman–Crippen LogP) is 3.51. The molecule has 0 saturated heterocycles.